The number of nitrogens with zero attached hydrogens (tertiary/aromatic N) is 3. The molecular weight excluding hydrogens is 366 g/mol. The molecule has 0 bridgehead atoms. The van der Waals surface area contributed by atoms with Gasteiger partial charge in [0.1, 0.15) is 5.71 Å². The highest BCUT2D eigenvalue weighted by Crippen LogP contribution is 2.29. The van der Waals surface area contributed by atoms with Crippen molar-refractivity contribution in [3.63, 3.8) is 0 Å². The summed E-state index contributed by atoms with van der Waals surface area (Å²) in [5.74, 6) is -0.393. The second kappa shape index (κ2) is 6.74. The summed E-state index contributed by atoms with van der Waals surface area (Å²) in [5.41, 5.74) is 3.57. The Bertz CT molecular complexity index is 938. The van der Waals surface area contributed by atoms with Crippen LogP contribution in [0.15, 0.2) is 23.3 Å². The van der Waals surface area contributed by atoms with E-state index in [1.54, 1.807) is 4.90 Å². The molecule has 3 aliphatic rings. The van der Waals surface area contributed by atoms with Crippen molar-refractivity contribution in [2.45, 2.75) is 45.1 Å². The van der Waals surface area contributed by atoms with Crippen LogP contribution in [0.3, 0.4) is 0 Å². The summed E-state index contributed by atoms with van der Waals surface area (Å²) in [4.78, 5) is 27.2. The Balaban J connectivity index is 1.61. The van der Waals surface area contributed by atoms with E-state index in [-0.39, 0.29) is 29.7 Å². The molecule has 2 amide bonds. The number of carbonyl (C=O) groups is 2. The molecule has 4 rings (SSSR count). The van der Waals surface area contributed by atoms with Crippen molar-refractivity contribution in [2.75, 3.05) is 23.0 Å². The maximum atomic E-state index is 13.1. The van der Waals surface area contributed by atoms with Gasteiger partial charge < -0.3 is 4.90 Å². The van der Waals surface area contributed by atoms with E-state index in [1.807, 2.05) is 19.1 Å². The fraction of sp³-hybridized carbons (Fsp3) is 0.526. The number of aryl methyl sites for hydroxylation is 2. The summed E-state index contributed by atoms with van der Waals surface area (Å²) in [5, 5.41) is 5.57. The minimum atomic E-state index is -3.13. The number of fused-ring (bicyclic) bond motifs is 1. The topological polar surface area (TPSA) is 87.1 Å². The molecule has 0 unspecified atom stereocenters. The Morgan fingerprint density at radius 1 is 1.22 bits per heavy atom. The van der Waals surface area contributed by atoms with E-state index in [0.29, 0.717) is 25.1 Å². The highest BCUT2D eigenvalue weighted by atomic mass is 32.2. The van der Waals surface area contributed by atoms with Crippen LogP contribution in [-0.2, 0) is 25.8 Å². The first kappa shape index (κ1) is 18.2. The Labute approximate surface area is 158 Å². The Morgan fingerprint density at radius 2 is 2.04 bits per heavy atom. The smallest absolute Gasteiger partial charge is 0.274 e. The summed E-state index contributed by atoms with van der Waals surface area (Å²) in [6.45, 7) is 2.66. The van der Waals surface area contributed by atoms with Gasteiger partial charge in [0.15, 0.2) is 9.84 Å². The van der Waals surface area contributed by atoms with Gasteiger partial charge in [0.2, 0.25) is 5.91 Å². The number of hydrogen-bond acceptors (Lipinski definition) is 5. The second-order valence-electron chi connectivity index (χ2n) is 7.53. The van der Waals surface area contributed by atoms with Crippen molar-refractivity contribution < 1.29 is 18.0 Å². The fourth-order valence-corrected chi connectivity index (χ4v) is 5.76. The van der Waals surface area contributed by atoms with Gasteiger partial charge in [-0.15, -0.1) is 0 Å². The van der Waals surface area contributed by atoms with Crippen LogP contribution in [0, 0.1) is 6.92 Å². The molecule has 7 nitrogen and oxygen atoms in total. The standard InChI is InChI=1S/C19H23N3O4S/c1-13-4-6-17-14(11-13)3-2-9-21(17)19(24)16-5-7-18(23)22(20-16)15-8-10-27(25,26)12-15/h4,6,11,15H,2-3,5,7-10,12H2,1H3/t15-/m1/s1. The highest BCUT2D eigenvalue weighted by molar-refractivity contribution is 7.91. The van der Waals surface area contributed by atoms with E-state index in [2.05, 4.69) is 11.2 Å². The van der Waals surface area contributed by atoms with Crippen LogP contribution in [0.2, 0.25) is 0 Å². The zero-order valence-corrected chi connectivity index (χ0v) is 16.2. The molecule has 1 fully saturated rings. The lowest BCUT2D eigenvalue weighted by molar-refractivity contribution is -0.133. The lowest BCUT2D eigenvalue weighted by atomic mass is 9.98. The number of hydrogen-bond donors (Lipinski definition) is 0. The van der Waals surface area contributed by atoms with Gasteiger partial charge in [-0.05, 0) is 37.8 Å². The molecule has 0 saturated carbocycles. The molecule has 1 saturated heterocycles. The molecule has 0 aromatic heterocycles. The van der Waals surface area contributed by atoms with Crippen LogP contribution in [0.1, 0.15) is 36.8 Å². The predicted molar refractivity (Wildman–Crippen MR) is 102 cm³/mol. The van der Waals surface area contributed by atoms with Crippen LogP contribution in [-0.4, -0.2) is 55.0 Å². The lowest BCUT2D eigenvalue weighted by Gasteiger charge is -2.32. The van der Waals surface area contributed by atoms with E-state index in [1.165, 1.54) is 5.01 Å². The first-order valence-corrected chi connectivity index (χ1v) is 11.2. The van der Waals surface area contributed by atoms with Gasteiger partial charge in [-0.1, -0.05) is 17.7 Å². The maximum absolute atomic E-state index is 13.1. The Kier molecular flexibility index (Phi) is 4.53. The van der Waals surface area contributed by atoms with Gasteiger partial charge in [0, 0.05) is 25.1 Å². The fourth-order valence-electron chi connectivity index (χ4n) is 4.07. The van der Waals surface area contributed by atoms with Crippen molar-refractivity contribution in [2.24, 2.45) is 5.10 Å². The molecule has 1 aromatic rings. The van der Waals surface area contributed by atoms with E-state index in [4.69, 9.17) is 0 Å². The summed E-state index contributed by atoms with van der Waals surface area (Å²) in [7, 11) is -3.13. The number of sulfone groups is 1. The maximum Gasteiger partial charge on any atom is 0.274 e. The number of amides is 2. The van der Waals surface area contributed by atoms with Crippen molar-refractivity contribution in [3.8, 4) is 0 Å². The average molecular weight is 389 g/mol. The molecule has 0 N–H and O–H groups in total. The zero-order valence-electron chi connectivity index (χ0n) is 15.3. The van der Waals surface area contributed by atoms with Crippen molar-refractivity contribution in [1.29, 1.82) is 0 Å². The monoisotopic (exact) mass is 389 g/mol. The number of anilines is 1. The number of hydrazone groups is 1. The van der Waals surface area contributed by atoms with Crippen LogP contribution in [0.4, 0.5) is 5.69 Å². The molecule has 3 aliphatic heterocycles. The van der Waals surface area contributed by atoms with Crippen LogP contribution in [0.5, 0.6) is 0 Å². The van der Waals surface area contributed by atoms with E-state index in [0.717, 1.165) is 29.7 Å². The van der Waals surface area contributed by atoms with Gasteiger partial charge in [-0.3, -0.25) is 9.59 Å². The molecule has 1 atom stereocenters. The number of carbonyl (C=O) groups excluding carboxylic acids is 2. The number of rotatable bonds is 2. The second-order valence-corrected chi connectivity index (χ2v) is 9.76. The molecule has 27 heavy (non-hydrogen) atoms. The Morgan fingerprint density at radius 3 is 2.78 bits per heavy atom. The Hall–Kier alpha value is -2.22. The van der Waals surface area contributed by atoms with Crippen LogP contribution >= 0.6 is 0 Å². The summed E-state index contributed by atoms with van der Waals surface area (Å²) < 4.78 is 23.5. The third-order valence-corrected chi connectivity index (χ3v) is 7.21. The average Bonchev–Trinajstić information content (AvgIpc) is 3.00. The van der Waals surface area contributed by atoms with Gasteiger partial charge >= 0.3 is 0 Å². The quantitative estimate of drug-likeness (QED) is 0.766. The van der Waals surface area contributed by atoms with Gasteiger partial charge in [-0.2, -0.15) is 5.10 Å². The van der Waals surface area contributed by atoms with Crippen molar-refractivity contribution >= 4 is 33.1 Å². The first-order chi connectivity index (χ1) is 12.8. The molecule has 144 valence electrons. The molecule has 0 aliphatic carbocycles. The van der Waals surface area contributed by atoms with E-state index >= 15 is 0 Å². The largest absolute Gasteiger partial charge is 0.307 e. The summed E-state index contributed by atoms with van der Waals surface area (Å²) >= 11 is 0. The van der Waals surface area contributed by atoms with Gasteiger partial charge in [0.05, 0.1) is 17.5 Å². The molecule has 0 spiro atoms. The highest BCUT2D eigenvalue weighted by Gasteiger charge is 2.38. The van der Waals surface area contributed by atoms with Crippen LogP contribution < -0.4 is 4.90 Å². The van der Waals surface area contributed by atoms with Crippen LogP contribution in [0.25, 0.3) is 0 Å². The molecule has 1 aromatic carbocycles. The van der Waals surface area contributed by atoms with E-state index < -0.39 is 15.9 Å². The molecule has 0 radical (unpaired) electrons. The number of benzene rings is 1. The van der Waals surface area contributed by atoms with E-state index in [9.17, 15) is 18.0 Å². The van der Waals surface area contributed by atoms with Crippen molar-refractivity contribution in [3.05, 3.63) is 29.3 Å². The molecular formula is C19H23N3O4S. The molecule has 3 heterocycles. The van der Waals surface area contributed by atoms with Gasteiger partial charge in [-0.25, -0.2) is 13.4 Å². The molecule has 8 heteroatoms. The van der Waals surface area contributed by atoms with Crippen molar-refractivity contribution in [1.82, 2.24) is 5.01 Å². The first-order valence-electron chi connectivity index (χ1n) is 9.35. The summed E-state index contributed by atoms with van der Waals surface area (Å²) in [6, 6.07) is 5.61. The minimum Gasteiger partial charge on any atom is -0.307 e. The third kappa shape index (κ3) is 3.50. The third-order valence-electron chi connectivity index (χ3n) is 5.46. The SMILES string of the molecule is Cc1ccc2c(c1)CCCN2C(=O)C1=NN([C@@H]2CCS(=O)(=O)C2)C(=O)CC1. The normalized spacial score (nSPS) is 24.6. The summed E-state index contributed by atoms with van der Waals surface area (Å²) in [6.07, 6.45) is 2.70. The predicted octanol–water partition coefficient (Wildman–Crippen LogP) is 1.44. The zero-order chi connectivity index (χ0) is 19.2. The lowest BCUT2D eigenvalue weighted by Crippen LogP contribution is -2.46. The minimum absolute atomic E-state index is 0.0685. The van der Waals surface area contributed by atoms with Gasteiger partial charge in [0.25, 0.3) is 5.91 Å².